The average molecular weight is 351 g/mol. The molecular weight excluding hydrogens is 330 g/mol. The largest absolute Gasteiger partial charge is 0.481 e. The number of methoxy groups -OCH3 is 1. The van der Waals surface area contributed by atoms with Crippen LogP contribution in [0.2, 0.25) is 0 Å². The Morgan fingerprint density at radius 2 is 1.96 bits per heavy atom. The predicted molar refractivity (Wildman–Crippen MR) is 98.4 cm³/mol. The fourth-order valence-corrected chi connectivity index (χ4v) is 2.41. The Morgan fingerprint density at radius 1 is 1.15 bits per heavy atom. The number of nitrogens with zero attached hydrogens (tertiary/aromatic N) is 4. The molecule has 3 rings (SSSR count). The molecule has 1 N–H and O–H groups in total. The molecule has 0 bridgehead atoms. The van der Waals surface area contributed by atoms with E-state index in [1.165, 1.54) is 0 Å². The zero-order valence-corrected chi connectivity index (χ0v) is 15.2. The van der Waals surface area contributed by atoms with Gasteiger partial charge < -0.3 is 10.1 Å². The Kier molecular flexibility index (Phi) is 4.71. The lowest BCUT2D eigenvalue weighted by Gasteiger charge is -2.19. The number of hydrogen-bond acceptors (Lipinski definition) is 5. The Hall–Kier alpha value is -3.22. The second-order valence-corrected chi connectivity index (χ2v) is 6.81. The monoisotopic (exact) mass is 351 g/mol. The van der Waals surface area contributed by atoms with E-state index in [9.17, 15) is 4.79 Å². The first-order chi connectivity index (χ1) is 12.4. The van der Waals surface area contributed by atoms with Crippen molar-refractivity contribution in [1.82, 2.24) is 25.1 Å². The Balaban J connectivity index is 2.07. The van der Waals surface area contributed by atoms with Gasteiger partial charge in [-0.3, -0.25) is 4.79 Å². The summed E-state index contributed by atoms with van der Waals surface area (Å²) in [5.74, 6) is 0.895. The zero-order valence-electron chi connectivity index (χ0n) is 15.2. The van der Waals surface area contributed by atoms with Crippen LogP contribution in [0.3, 0.4) is 0 Å². The summed E-state index contributed by atoms with van der Waals surface area (Å²) in [5, 5.41) is 7.39. The maximum absolute atomic E-state index is 12.5. The van der Waals surface area contributed by atoms with Gasteiger partial charge in [-0.25, -0.2) is 14.6 Å². The number of pyridine rings is 2. The smallest absolute Gasteiger partial charge is 0.272 e. The molecule has 0 aromatic carbocycles. The number of amides is 1. The lowest BCUT2D eigenvalue weighted by atomic mass is 10.1. The number of carbonyl (C=O) groups is 1. The molecule has 3 aromatic heterocycles. The molecular formula is C19H21N5O2. The van der Waals surface area contributed by atoms with Crippen LogP contribution in [-0.2, 0) is 0 Å². The summed E-state index contributed by atoms with van der Waals surface area (Å²) in [4.78, 5) is 21.1. The van der Waals surface area contributed by atoms with Crippen LogP contribution in [0.5, 0.6) is 5.88 Å². The molecule has 0 aliphatic carbocycles. The molecule has 3 heterocycles. The summed E-state index contributed by atoms with van der Waals surface area (Å²) in [6.07, 6.45) is 3.36. The van der Waals surface area contributed by atoms with Crippen LogP contribution >= 0.6 is 0 Å². The third kappa shape index (κ3) is 3.88. The topological polar surface area (TPSA) is 81.9 Å². The van der Waals surface area contributed by atoms with E-state index in [-0.39, 0.29) is 11.4 Å². The molecule has 0 radical (unpaired) electrons. The summed E-state index contributed by atoms with van der Waals surface area (Å²) in [6, 6.07) is 10.9. The molecule has 0 saturated carbocycles. The lowest BCUT2D eigenvalue weighted by Crippen LogP contribution is -2.40. The molecule has 26 heavy (non-hydrogen) atoms. The van der Waals surface area contributed by atoms with Crippen molar-refractivity contribution in [2.75, 3.05) is 7.11 Å². The van der Waals surface area contributed by atoms with Crippen molar-refractivity contribution >= 4 is 5.91 Å². The van der Waals surface area contributed by atoms with Crippen LogP contribution in [0.15, 0.2) is 48.8 Å². The first kappa shape index (κ1) is 17.6. The number of ether oxygens (including phenoxy) is 1. The third-order valence-corrected chi connectivity index (χ3v) is 3.54. The lowest BCUT2D eigenvalue weighted by molar-refractivity contribution is 0.0914. The molecule has 0 spiro atoms. The molecule has 3 aromatic rings. The first-order valence-electron chi connectivity index (χ1n) is 8.22. The van der Waals surface area contributed by atoms with Gasteiger partial charge >= 0.3 is 0 Å². The number of hydrogen-bond donors (Lipinski definition) is 1. The van der Waals surface area contributed by atoms with Crippen molar-refractivity contribution < 1.29 is 9.53 Å². The van der Waals surface area contributed by atoms with Crippen molar-refractivity contribution in [3.63, 3.8) is 0 Å². The Labute approximate surface area is 152 Å². The number of carbonyl (C=O) groups excluding carboxylic acids is 1. The van der Waals surface area contributed by atoms with Crippen LogP contribution in [0.1, 0.15) is 31.3 Å². The van der Waals surface area contributed by atoms with E-state index in [1.807, 2.05) is 45.0 Å². The second kappa shape index (κ2) is 6.95. The van der Waals surface area contributed by atoms with Crippen molar-refractivity contribution in [3.8, 4) is 23.0 Å². The molecule has 134 valence electrons. The highest BCUT2D eigenvalue weighted by Gasteiger charge is 2.21. The van der Waals surface area contributed by atoms with Gasteiger partial charge in [0.2, 0.25) is 5.88 Å². The van der Waals surface area contributed by atoms with E-state index < -0.39 is 0 Å². The summed E-state index contributed by atoms with van der Waals surface area (Å²) in [6.45, 7) is 5.78. The average Bonchev–Trinajstić information content (AvgIpc) is 3.07. The molecule has 0 fully saturated rings. The van der Waals surface area contributed by atoms with Gasteiger partial charge in [0.15, 0.2) is 11.5 Å². The molecule has 7 heteroatoms. The second-order valence-electron chi connectivity index (χ2n) is 6.81. The quantitative estimate of drug-likeness (QED) is 0.781. The molecule has 0 saturated heterocycles. The van der Waals surface area contributed by atoms with Crippen LogP contribution in [0.4, 0.5) is 0 Å². The third-order valence-electron chi connectivity index (χ3n) is 3.54. The number of nitrogens with one attached hydrogen (secondary N) is 1. The van der Waals surface area contributed by atoms with Crippen LogP contribution in [-0.4, -0.2) is 38.3 Å². The standard InChI is InChI=1S/C19H21N5O2/c1-19(2,3)22-18(25)14-11-15(13-8-9-17(26-4)21-12-13)24(23-14)16-7-5-6-10-20-16/h5-12H,1-4H3,(H,22,25). The highest BCUT2D eigenvalue weighted by molar-refractivity contribution is 5.94. The molecule has 0 aliphatic heterocycles. The minimum Gasteiger partial charge on any atom is -0.481 e. The Morgan fingerprint density at radius 3 is 2.54 bits per heavy atom. The van der Waals surface area contributed by atoms with Gasteiger partial charge in [0, 0.05) is 29.6 Å². The summed E-state index contributed by atoms with van der Waals surface area (Å²) >= 11 is 0. The van der Waals surface area contributed by atoms with E-state index >= 15 is 0 Å². The predicted octanol–water partition coefficient (Wildman–Crippen LogP) is 2.87. The van der Waals surface area contributed by atoms with Gasteiger partial charge in [0.1, 0.15) is 0 Å². The van der Waals surface area contributed by atoms with Gasteiger partial charge in [0.05, 0.1) is 12.8 Å². The highest BCUT2D eigenvalue weighted by atomic mass is 16.5. The molecule has 0 atom stereocenters. The van der Waals surface area contributed by atoms with Gasteiger partial charge in [-0.15, -0.1) is 0 Å². The fraction of sp³-hybridized carbons (Fsp3) is 0.263. The van der Waals surface area contributed by atoms with Crippen molar-refractivity contribution in [3.05, 3.63) is 54.5 Å². The maximum atomic E-state index is 12.5. The van der Waals surface area contributed by atoms with E-state index in [0.29, 0.717) is 17.4 Å². The van der Waals surface area contributed by atoms with Crippen LogP contribution in [0.25, 0.3) is 17.1 Å². The Bertz CT molecular complexity index is 896. The van der Waals surface area contributed by atoms with Crippen molar-refractivity contribution in [1.29, 1.82) is 0 Å². The van der Waals surface area contributed by atoms with Gasteiger partial charge in [-0.2, -0.15) is 5.10 Å². The van der Waals surface area contributed by atoms with E-state index in [0.717, 1.165) is 11.3 Å². The number of rotatable bonds is 4. The van der Waals surface area contributed by atoms with Gasteiger partial charge in [-0.1, -0.05) is 6.07 Å². The van der Waals surface area contributed by atoms with E-state index in [2.05, 4.69) is 20.4 Å². The number of aromatic nitrogens is 4. The molecule has 1 amide bonds. The van der Waals surface area contributed by atoms with Gasteiger partial charge in [-0.05, 0) is 45.0 Å². The summed E-state index contributed by atoms with van der Waals surface area (Å²) < 4.78 is 6.75. The molecule has 0 unspecified atom stereocenters. The summed E-state index contributed by atoms with van der Waals surface area (Å²) in [7, 11) is 1.56. The van der Waals surface area contributed by atoms with E-state index in [4.69, 9.17) is 4.74 Å². The van der Waals surface area contributed by atoms with Crippen LogP contribution in [0, 0.1) is 0 Å². The minimum absolute atomic E-state index is 0.241. The summed E-state index contributed by atoms with van der Waals surface area (Å²) in [5.41, 5.74) is 1.49. The highest BCUT2D eigenvalue weighted by Crippen LogP contribution is 2.24. The van der Waals surface area contributed by atoms with Gasteiger partial charge in [0.25, 0.3) is 5.91 Å². The van der Waals surface area contributed by atoms with E-state index in [1.54, 1.807) is 36.3 Å². The fourth-order valence-electron chi connectivity index (χ4n) is 2.41. The van der Waals surface area contributed by atoms with Crippen molar-refractivity contribution in [2.24, 2.45) is 0 Å². The zero-order chi connectivity index (χ0) is 18.7. The minimum atomic E-state index is -0.353. The normalized spacial score (nSPS) is 11.2. The maximum Gasteiger partial charge on any atom is 0.272 e. The first-order valence-corrected chi connectivity index (χ1v) is 8.22. The molecule has 0 aliphatic rings. The SMILES string of the molecule is COc1ccc(-c2cc(C(=O)NC(C)(C)C)nn2-c2ccccn2)cn1. The molecule has 7 nitrogen and oxygen atoms in total. The van der Waals surface area contributed by atoms with Crippen LogP contribution < -0.4 is 10.1 Å². The van der Waals surface area contributed by atoms with Crippen molar-refractivity contribution in [2.45, 2.75) is 26.3 Å².